The van der Waals surface area contributed by atoms with E-state index in [1.807, 2.05) is 65.3 Å². The Morgan fingerprint density at radius 1 is 1.03 bits per heavy atom. The Morgan fingerprint density at radius 3 is 2.21 bits per heavy atom. The second-order valence-electron chi connectivity index (χ2n) is 8.78. The molecule has 1 N–H and O–H groups in total. The van der Waals surface area contributed by atoms with E-state index in [9.17, 15) is 9.59 Å². The SMILES string of the molecule is C=CC(=O)N1CCC(C(=O)Nc2cnn(-c3ccccc3)c2C(C)C)(c2ccccc2)CC1. The third-order valence-electron chi connectivity index (χ3n) is 6.47. The highest BCUT2D eigenvalue weighted by Crippen LogP contribution is 2.38. The minimum Gasteiger partial charge on any atom is -0.339 e. The largest absolute Gasteiger partial charge is 0.339 e. The number of anilines is 1. The van der Waals surface area contributed by atoms with Crippen molar-refractivity contribution in [1.82, 2.24) is 14.7 Å². The molecular formula is C27H30N4O2. The molecule has 1 aromatic heterocycles. The number of nitrogens with one attached hydrogen (secondary N) is 1. The number of carbonyl (C=O) groups is 2. The molecule has 0 bridgehead atoms. The number of piperidine rings is 1. The van der Waals surface area contributed by atoms with Crippen molar-refractivity contribution in [2.45, 2.75) is 38.0 Å². The van der Waals surface area contributed by atoms with Crippen molar-refractivity contribution in [1.29, 1.82) is 0 Å². The van der Waals surface area contributed by atoms with Crippen molar-refractivity contribution in [3.05, 3.63) is 90.8 Å². The van der Waals surface area contributed by atoms with Gasteiger partial charge >= 0.3 is 0 Å². The highest BCUT2D eigenvalue weighted by molar-refractivity contribution is 6.00. The molecule has 2 amide bonds. The van der Waals surface area contributed by atoms with Crippen LogP contribution in [0.2, 0.25) is 0 Å². The highest BCUT2D eigenvalue weighted by Gasteiger charge is 2.43. The van der Waals surface area contributed by atoms with Crippen LogP contribution in [0.25, 0.3) is 5.69 Å². The van der Waals surface area contributed by atoms with Crippen LogP contribution < -0.4 is 5.32 Å². The maximum Gasteiger partial charge on any atom is 0.245 e. The first kappa shape index (κ1) is 22.5. The van der Waals surface area contributed by atoms with E-state index in [-0.39, 0.29) is 17.7 Å². The second kappa shape index (κ2) is 9.45. The molecule has 0 saturated carbocycles. The molecule has 0 spiro atoms. The molecule has 6 nitrogen and oxygen atoms in total. The molecule has 3 aromatic rings. The molecule has 0 atom stereocenters. The normalized spacial score (nSPS) is 15.3. The van der Waals surface area contributed by atoms with E-state index >= 15 is 0 Å². The summed E-state index contributed by atoms with van der Waals surface area (Å²) in [5.74, 6) is -0.0000401. The fourth-order valence-electron chi connectivity index (χ4n) is 4.67. The summed E-state index contributed by atoms with van der Waals surface area (Å²) in [6.07, 6.45) is 4.16. The summed E-state index contributed by atoms with van der Waals surface area (Å²) in [7, 11) is 0. The van der Waals surface area contributed by atoms with Crippen molar-refractivity contribution in [3.63, 3.8) is 0 Å². The number of nitrogens with zero attached hydrogens (tertiary/aromatic N) is 3. The zero-order chi connectivity index (χ0) is 23.4. The molecule has 1 saturated heterocycles. The zero-order valence-corrected chi connectivity index (χ0v) is 19.2. The Bertz CT molecular complexity index is 1130. The number of hydrogen-bond acceptors (Lipinski definition) is 3. The van der Waals surface area contributed by atoms with Gasteiger partial charge in [0.25, 0.3) is 0 Å². The van der Waals surface area contributed by atoms with Crippen LogP contribution in [-0.4, -0.2) is 39.6 Å². The van der Waals surface area contributed by atoms with Gasteiger partial charge in [0.1, 0.15) is 0 Å². The third-order valence-corrected chi connectivity index (χ3v) is 6.47. The van der Waals surface area contributed by atoms with Gasteiger partial charge in [-0.05, 0) is 42.5 Å². The molecule has 0 unspecified atom stereocenters. The van der Waals surface area contributed by atoms with Gasteiger partial charge in [-0.25, -0.2) is 4.68 Å². The standard InChI is InChI=1S/C27H30N4O2/c1-4-24(32)30-17-15-27(16-18-30,21-11-7-5-8-12-21)26(33)29-23-19-28-31(25(23)20(2)3)22-13-9-6-10-14-22/h4-14,19-20H,1,15-18H2,2-3H3,(H,29,33). The van der Waals surface area contributed by atoms with Gasteiger partial charge in [0.05, 0.1) is 28.7 Å². The van der Waals surface area contributed by atoms with E-state index < -0.39 is 5.41 Å². The lowest BCUT2D eigenvalue weighted by Gasteiger charge is -2.40. The van der Waals surface area contributed by atoms with E-state index in [1.54, 1.807) is 11.1 Å². The molecule has 33 heavy (non-hydrogen) atoms. The molecule has 2 heterocycles. The summed E-state index contributed by atoms with van der Waals surface area (Å²) in [5, 5.41) is 7.79. The predicted octanol–water partition coefficient (Wildman–Crippen LogP) is 4.68. The Morgan fingerprint density at radius 2 is 1.64 bits per heavy atom. The summed E-state index contributed by atoms with van der Waals surface area (Å²) in [4.78, 5) is 27.8. The van der Waals surface area contributed by atoms with Crippen LogP contribution in [-0.2, 0) is 15.0 Å². The average molecular weight is 443 g/mol. The predicted molar refractivity (Wildman–Crippen MR) is 130 cm³/mol. The molecule has 1 fully saturated rings. The number of aromatic nitrogens is 2. The maximum absolute atomic E-state index is 13.9. The molecule has 1 aliphatic rings. The molecule has 170 valence electrons. The van der Waals surface area contributed by atoms with Crippen LogP contribution in [0.1, 0.15) is 43.9 Å². The number of rotatable bonds is 6. The lowest BCUT2D eigenvalue weighted by atomic mass is 9.72. The van der Waals surface area contributed by atoms with Crippen LogP contribution in [0.4, 0.5) is 5.69 Å². The summed E-state index contributed by atoms with van der Waals surface area (Å²) in [5.41, 5.74) is 2.88. The fraction of sp³-hybridized carbons (Fsp3) is 0.296. The van der Waals surface area contributed by atoms with E-state index in [0.29, 0.717) is 25.9 Å². The van der Waals surface area contributed by atoms with Crippen LogP contribution in [0.15, 0.2) is 79.5 Å². The molecule has 0 aliphatic carbocycles. The number of hydrogen-bond donors (Lipinski definition) is 1. The van der Waals surface area contributed by atoms with Gasteiger partial charge in [0, 0.05) is 13.1 Å². The van der Waals surface area contributed by atoms with Gasteiger partial charge in [-0.3, -0.25) is 9.59 Å². The van der Waals surface area contributed by atoms with Gasteiger partial charge < -0.3 is 10.2 Å². The van der Waals surface area contributed by atoms with Gasteiger partial charge in [-0.15, -0.1) is 0 Å². The molecule has 2 aromatic carbocycles. The van der Waals surface area contributed by atoms with Gasteiger partial charge in [0.15, 0.2) is 0 Å². The first-order valence-electron chi connectivity index (χ1n) is 11.4. The lowest BCUT2D eigenvalue weighted by Crippen LogP contribution is -2.50. The Kier molecular flexibility index (Phi) is 6.45. The number of likely N-dealkylation sites (tertiary alicyclic amines) is 1. The Hall–Kier alpha value is -3.67. The third kappa shape index (κ3) is 4.33. The van der Waals surface area contributed by atoms with Gasteiger partial charge in [-0.1, -0.05) is 69.0 Å². The van der Waals surface area contributed by atoms with E-state index in [4.69, 9.17) is 0 Å². The summed E-state index contributed by atoms with van der Waals surface area (Å²) in [6.45, 7) is 8.80. The van der Waals surface area contributed by atoms with Gasteiger partial charge in [0.2, 0.25) is 11.8 Å². The van der Waals surface area contributed by atoms with E-state index in [1.165, 1.54) is 6.08 Å². The topological polar surface area (TPSA) is 67.2 Å². The monoisotopic (exact) mass is 442 g/mol. The van der Waals surface area contributed by atoms with Crippen LogP contribution in [0.3, 0.4) is 0 Å². The lowest BCUT2D eigenvalue weighted by molar-refractivity contribution is -0.131. The van der Waals surface area contributed by atoms with Crippen molar-refractivity contribution in [2.24, 2.45) is 0 Å². The second-order valence-corrected chi connectivity index (χ2v) is 8.78. The first-order valence-corrected chi connectivity index (χ1v) is 11.4. The average Bonchev–Trinajstić information content (AvgIpc) is 3.28. The fourth-order valence-corrected chi connectivity index (χ4v) is 4.67. The van der Waals surface area contributed by atoms with Crippen molar-refractivity contribution < 1.29 is 9.59 Å². The number of para-hydroxylation sites is 1. The molecular weight excluding hydrogens is 412 g/mol. The van der Waals surface area contributed by atoms with Crippen molar-refractivity contribution >= 4 is 17.5 Å². The molecule has 0 radical (unpaired) electrons. The summed E-state index contributed by atoms with van der Waals surface area (Å²) in [6, 6.07) is 19.8. The van der Waals surface area contributed by atoms with E-state index in [2.05, 4.69) is 30.8 Å². The Labute approximate surface area is 194 Å². The smallest absolute Gasteiger partial charge is 0.245 e. The molecule has 6 heteroatoms. The quantitative estimate of drug-likeness (QED) is 0.564. The van der Waals surface area contributed by atoms with Gasteiger partial charge in [-0.2, -0.15) is 5.10 Å². The number of amides is 2. The van der Waals surface area contributed by atoms with Crippen LogP contribution in [0.5, 0.6) is 0 Å². The molecule has 4 rings (SSSR count). The summed E-state index contributed by atoms with van der Waals surface area (Å²) >= 11 is 0. The Balaban J connectivity index is 1.67. The van der Waals surface area contributed by atoms with Crippen LogP contribution in [0, 0.1) is 0 Å². The molecule has 1 aliphatic heterocycles. The number of carbonyl (C=O) groups excluding carboxylic acids is 2. The van der Waals surface area contributed by atoms with E-state index in [0.717, 1.165) is 22.6 Å². The maximum atomic E-state index is 13.9. The van der Waals surface area contributed by atoms with Crippen LogP contribution >= 0.6 is 0 Å². The minimum absolute atomic E-state index is 0.0612. The summed E-state index contributed by atoms with van der Waals surface area (Å²) < 4.78 is 1.89. The number of benzene rings is 2. The van der Waals surface area contributed by atoms with Crippen molar-refractivity contribution in [3.8, 4) is 5.69 Å². The first-order chi connectivity index (χ1) is 16.0. The zero-order valence-electron chi connectivity index (χ0n) is 19.2. The minimum atomic E-state index is -0.720. The highest BCUT2D eigenvalue weighted by atomic mass is 16.2. The van der Waals surface area contributed by atoms with Crippen molar-refractivity contribution in [2.75, 3.05) is 18.4 Å².